The smallest absolute Gasteiger partial charge is 0.327 e. The van der Waals surface area contributed by atoms with Crippen LogP contribution in [-0.2, 0) is 19.6 Å². The van der Waals surface area contributed by atoms with Crippen molar-refractivity contribution in [1.29, 1.82) is 0 Å². The van der Waals surface area contributed by atoms with E-state index in [1.54, 1.807) is 20.8 Å². The quantitative estimate of drug-likeness (QED) is 0.604. The number of rotatable bonds is 5. The summed E-state index contributed by atoms with van der Waals surface area (Å²) < 4.78 is 47.4. The SMILES string of the molecule is CC(C)(C)OC(=O)CN(c1ccc(F)cc1)S(=O)(=O)c1ccc2nncn2c1. The number of aromatic nitrogens is 3. The Morgan fingerprint density at radius 2 is 1.86 bits per heavy atom. The lowest BCUT2D eigenvalue weighted by atomic mass is 10.2. The van der Waals surface area contributed by atoms with Gasteiger partial charge in [-0.1, -0.05) is 0 Å². The molecule has 28 heavy (non-hydrogen) atoms. The molecule has 0 amide bonds. The van der Waals surface area contributed by atoms with E-state index in [-0.39, 0.29) is 10.6 Å². The molecule has 0 atom stereocenters. The number of anilines is 1. The van der Waals surface area contributed by atoms with Gasteiger partial charge in [-0.15, -0.1) is 10.2 Å². The van der Waals surface area contributed by atoms with E-state index in [0.717, 1.165) is 16.4 Å². The van der Waals surface area contributed by atoms with Crippen LogP contribution in [0.3, 0.4) is 0 Å². The van der Waals surface area contributed by atoms with Gasteiger partial charge in [0.15, 0.2) is 5.65 Å². The average Bonchev–Trinajstić information content (AvgIpc) is 3.06. The number of sulfonamides is 1. The molecule has 8 nitrogen and oxygen atoms in total. The van der Waals surface area contributed by atoms with E-state index in [2.05, 4.69) is 10.2 Å². The van der Waals surface area contributed by atoms with E-state index in [1.807, 2.05) is 0 Å². The summed E-state index contributed by atoms with van der Waals surface area (Å²) in [6.07, 6.45) is 2.71. The van der Waals surface area contributed by atoms with Crippen molar-refractivity contribution in [3.63, 3.8) is 0 Å². The maximum absolute atomic E-state index is 13.3. The third-order valence-electron chi connectivity index (χ3n) is 3.66. The van der Waals surface area contributed by atoms with Crippen molar-refractivity contribution in [2.24, 2.45) is 0 Å². The predicted octanol–water partition coefficient (Wildman–Crippen LogP) is 2.41. The van der Waals surface area contributed by atoms with Crippen LogP contribution in [-0.4, -0.2) is 41.1 Å². The van der Waals surface area contributed by atoms with Gasteiger partial charge in [-0.25, -0.2) is 12.8 Å². The van der Waals surface area contributed by atoms with Crippen LogP contribution in [0.5, 0.6) is 0 Å². The molecule has 0 spiro atoms. The van der Waals surface area contributed by atoms with Gasteiger partial charge in [-0.05, 0) is 57.2 Å². The highest BCUT2D eigenvalue weighted by molar-refractivity contribution is 7.92. The molecule has 10 heteroatoms. The molecule has 0 bridgehead atoms. The third kappa shape index (κ3) is 4.28. The first-order valence-electron chi connectivity index (χ1n) is 8.36. The van der Waals surface area contributed by atoms with Crippen LogP contribution < -0.4 is 4.31 Å². The number of carbonyl (C=O) groups is 1. The molecule has 0 aliphatic rings. The van der Waals surface area contributed by atoms with Crippen LogP contribution in [0, 0.1) is 5.82 Å². The first kappa shape index (κ1) is 19.7. The summed E-state index contributed by atoms with van der Waals surface area (Å²) in [7, 11) is -4.15. The molecule has 0 aliphatic carbocycles. The van der Waals surface area contributed by atoms with Gasteiger partial charge in [0.1, 0.15) is 29.2 Å². The lowest BCUT2D eigenvalue weighted by molar-refractivity contribution is -0.152. The molecule has 0 saturated heterocycles. The zero-order valence-electron chi connectivity index (χ0n) is 15.5. The number of esters is 1. The fourth-order valence-electron chi connectivity index (χ4n) is 2.50. The van der Waals surface area contributed by atoms with E-state index in [1.165, 1.54) is 41.2 Å². The second-order valence-corrected chi connectivity index (χ2v) is 8.90. The Morgan fingerprint density at radius 1 is 1.18 bits per heavy atom. The van der Waals surface area contributed by atoms with Gasteiger partial charge in [0.05, 0.1) is 5.69 Å². The number of pyridine rings is 1. The molecule has 0 N–H and O–H groups in total. The number of fused-ring (bicyclic) bond motifs is 1. The monoisotopic (exact) mass is 406 g/mol. The lowest BCUT2D eigenvalue weighted by Gasteiger charge is -2.26. The van der Waals surface area contributed by atoms with Crippen LogP contribution in [0.1, 0.15) is 20.8 Å². The second kappa shape index (κ2) is 7.19. The van der Waals surface area contributed by atoms with Crippen LogP contribution in [0.25, 0.3) is 5.65 Å². The molecule has 0 saturated carbocycles. The van der Waals surface area contributed by atoms with E-state index >= 15 is 0 Å². The molecule has 0 unspecified atom stereocenters. The topological polar surface area (TPSA) is 93.9 Å². The van der Waals surface area contributed by atoms with Crippen molar-refractivity contribution >= 4 is 27.3 Å². The first-order chi connectivity index (χ1) is 13.1. The minimum Gasteiger partial charge on any atom is -0.459 e. The van der Waals surface area contributed by atoms with Crippen molar-refractivity contribution in [3.05, 3.63) is 54.7 Å². The minimum atomic E-state index is -4.15. The Morgan fingerprint density at radius 3 is 2.50 bits per heavy atom. The van der Waals surface area contributed by atoms with E-state index < -0.39 is 34.0 Å². The molecule has 3 rings (SSSR count). The fourth-order valence-corrected chi connectivity index (χ4v) is 3.92. The summed E-state index contributed by atoms with van der Waals surface area (Å²) in [4.78, 5) is 12.3. The highest BCUT2D eigenvalue weighted by atomic mass is 32.2. The molecule has 2 heterocycles. The number of benzene rings is 1. The molecule has 3 aromatic rings. The van der Waals surface area contributed by atoms with E-state index in [9.17, 15) is 17.6 Å². The molecule has 1 aromatic carbocycles. The third-order valence-corrected chi connectivity index (χ3v) is 5.42. The summed E-state index contributed by atoms with van der Waals surface area (Å²) in [6, 6.07) is 7.68. The highest BCUT2D eigenvalue weighted by Crippen LogP contribution is 2.24. The number of carbonyl (C=O) groups excluding carboxylic acids is 1. The number of hydrogen-bond acceptors (Lipinski definition) is 6. The molecule has 0 radical (unpaired) electrons. The summed E-state index contributed by atoms with van der Waals surface area (Å²) in [5.41, 5.74) is -0.174. The van der Waals surface area contributed by atoms with Crippen molar-refractivity contribution in [3.8, 4) is 0 Å². The zero-order chi connectivity index (χ0) is 20.5. The normalized spacial score (nSPS) is 12.1. The Balaban J connectivity index is 2.03. The van der Waals surface area contributed by atoms with E-state index in [0.29, 0.717) is 5.65 Å². The Kier molecular flexibility index (Phi) is 5.07. The molecule has 148 valence electrons. The first-order valence-corrected chi connectivity index (χ1v) is 9.80. The van der Waals surface area contributed by atoms with Gasteiger partial charge in [-0.3, -0.25) is 13.5 Å². The Bertz CT molecular complexity index is 1100. The van der Waals surface area contributed by atoms with Gasteiger partial charge >= 0.3 is 5.97 Å². The van der Waals surface area contributed by atoms with Crippen molar-refractivity contribution in [2.75, 3.05) is 10.8 Å². The Hall–Kier alpha value is -3.01. The molecule has 0 fully saturated rings. The maximum Gasteiger partial charge on any atom is 0.327 e. The van der Waals surface area contributed by atoms with Crippen LogP contribution in [0.4, 0.5) is 10.1 Å². The number of ether oxygens (including phenoxy) is 1. The van der Waals surface area contributed by atoms with Gasteiger partial charge in [-0.2, -0.15) is 0 Å². The maximum atomic E-state index is 13.3. The average molecular weight is 406 g/mol. The van der Waals surface area contributed by atoms with Crippen LogP contribution >= 0.6 is 0 Å². The Labute approximate surface area is 161 Å². The predicted molar refractivity (Wildman–Crippen MR) is 99.8 cm³/mol. The number of halogens is 1. The summed E-state index contributed by atoms with van der Waals surface area (Å²) in [5, 5.41) is 7.55. The molecule has 0 aliphatic heterocycles. The number of hydrogen-bond donors (Lipinski definition) is 0. The van der Waals surface area contributed by atoms with Crippen molar-refractivity contribution in [1.82, 2.24) is 14.6 Å². The fraction of sp³-hybridized carbons (Fsp3) is 0.278. The highest BCUT2D eigenvalue weighted by Gasteiger charge is 2.29. The van der Waals surface area contributed by atoms with Gasteiger partial charge < -0.3 is 4.74 Å². The van der Waals surface area contributed by atoms with Crippen molar-refractivity contribution in [2.45, 2.75) is 31.3 Å². The summed E-state index contributed by atoms with van der Waals surface area (Å²) in [6.45, 7) is 4.48. The van der Waals surface area contributed by atoms with Gasteiger partial charge in [0.25, 0.3) is 10.0 Å². The largest absolute Gasteiger partial charge is 0.459 e. The van der Waals surface area contributed by atoms with Crippen LogP contribution in [0.2, 0.25) is 0 Å². The van der Waals surface area contributed by atoms with Crippen LogP contribution in [0.15, 0.2) is 53.8 Å². The zero-order valence-corrected chi connectivity index (χ0v) is 16.4. The molecule has 2 aromatic heterocycles. The van der Waals surface area contributed by atoms with E-state index in [4.69, 9.17) is 4.74 Å². The lowest BCUT2D eigenvalue weighted by Crippen LogP contribution is -2.39. The standard InChI is InChI=1S/C18H19FN4O4S/c1-18(2,3)27-17(24)11-23(14-6-4-13(19)5-7-14)28(25,26)15-8-9-16-21-20-12-22(16)10-15/h4-10,12H,11H2,1-3H3. The minimum absolute atomic E-state index is 0.0762. The molecular formula is C18H19FN4O4S. The van der Waals surface area contributed by atoms with Gasteiger partial charge in [0.2, 0.25) is 0 Å². The summed E-state index contributed by atoms with van der Waals surface area (Å²) in [5.74, 6) is -1.25. The van der Waals surface area contributed by atoms with Crippen molar-refractivity contribution < 1.29 is 22.3 Å². The molecular weight excluding hydrogens is 387 g/mol. The number of nitrogens with zero attached hydrogens (tertiary/aromatic N) is 4. The second-order valence-electron chi connectivity index (χ2n) is 7.04. The summed E-state index contributed by atoms with van der Waals surface area (Å²) >= 11 is 0. The van der Waals surface area contributed by atoms with Gasteiger partial charge in [0, 0.05) is 6.20 Å².